The predicted octanol–water partition coefficient (Wildman–Crippen LogP) is 0.271. The van der Waals surface area contributed by atoms with Crippen LogP contribution in [0.15, 0.2) is 29.2 Å². The highest BCUT2D eigenvalue weighted by Gasteiger charge is 2.18. The summed E-state index contributed by atoms with van der Waals surface area (Å²) >= 11 is 0. The lowest BCUT2D eigenvalue weighted by molar-refractivity contribution is 0.581. The van der Waals surface area contributed by atoms with Gasteiger partial charge in [-0.1, -0.05) is 19.1 Å². The Morgan fingerprint density at radius 1 is 1.21 bits per heavy atom. The van der Waals surface area contributed by atoms with Gasteiger partial charge >= 0.3 is 0 Å². The molecule has 0 bridgehead atoms. The van der Waals surface area contributed by atoms with Crippen LogP contribution in [0.1, 0.15) is 12.5 Å². The van der Waals surface area contributed by atoms with Crippen molar-refractivity contribution in [1.29, 1.82) is 5.26 Å². The number of hydrogen-bond donors (Lipinski definition) is 1. The summed E-state index contributed by atoms with van der Waals surface area (Å²) in [6.07, 6.45) is 0. The van der Waals surface area contributed by atoms with Gasteiger partial charge in [0.2, 0.25) is 10.0 Å². The molecule has 1 N–H and O–H groups in total. The van der Waals surface area contributed by atoms with E-state index in [2.05, 4.69) is 4.72 Å². The second-order valence-electron chi connectivity index (χ2n) is 3.74. The molecule has 0 aliphatic heterocycles. The molecule has 6 nitrogen and oxygen atoms in total. The number of rotatable bonds is 6. The molecule has 0 aliphatic carbocycles. The first-order valence-corrected chi connectivity index (χ1v) is 8.82. The normalized spacial score (nSPS) is 12.0. The van der Waals surface area contributed by atoms with Crippen LogP contribution in [0.5, 0.6) is 0 Å². The maximum atomic E-state index is 11.9. The summed E-state index contributed by atoms with van der Waals surface area (Å²) in [5.41, 5.74) is 0.0216. The van der Waals surface area contributed by atoms with E-state index in [1.54, 1.807) is 12.1 Å². The Morgan fingerprint density at radius 3 is 2.42 bits per heavy atom. The van der Waals surface area contributed by atoms with Crippen LogP contribution < -0.4 is 4.72 Å². The molecular formula is C11H14N2O4S2. The van der Waals surface area contributed by atoms with Gasteiger partial charge in [-0.05, 0) is 12.1 Å². The Hall–Kier alpha value is -1.43. The van der Waals surface area contributed by atoms with Crippen molar-refractivity contribution < 1.29 is 16.8 Å². The van der Waals surface area contributed by atoms with Gasteiger partial charge in [0.15, 0.2) is 9.84 Å². The molecule has 0 saturated carbocycles. The van der Waals surface area contributed by atoms with Crippen LogP contribution in [0.3, 0.4) is 0 Å². The minimum Gasteiger partial charge on any atom is -0.229 e. The smallest absolute Gasteiger partial charge is 0.229 e. The third-order valence-electron chi connectivity index (χ3n) is 2.44. The van der Waals surface area contributed by atoms with Crippen LogP contribution in [0, 0.1) is 11.3 Å². The summed E-state index contributed by atoms with van der Waals surface area (Å²) in [6.45, 7) is 1.28. The van der Waals surface area contributed by atoms with Crippen molar-refractivity contribution in [2.45, 2.75) is 11.8 Å². The van der Waals surface area contributed by atoms with E-state index >= 15 is 0 Å². The molecule has 0 aromatic heterocycles. The van der Waals surface area contributed by atoms with Gasteiger partial charge in [0.1, 0.15) is 6.07 Å². The van der Waals surface area contributed by atoms with Crippen LogP contribution in [0.25, 0.3) is 0 Å². The number of nitriles is 1. The van der Waals surface area contributed by atoms with E-state index in [0.717, 1.165) is 0 Å². The molecule has 0 saturated heterocycles. The summed E-state index contributed by atoms with van der Waals surface area (Å²) in [4.78, 5) is -0.147. The number of nitrogens with one attached hydrogen (secondary N) is 1. The van der Waals surface area contributed by atoms with Gasteiger partial charge < -0.3 is 0 Å². The largest absolute Gasteiger partial charge is 0.241 e. The van der Waals surface area contributed by atoms with Crippen molar-refractivity contribution in [3.8, 4) is 6.07 Å². The van der Waals surface area contributed by atoms with Gasteiger partial charge in [0.05, 0.1) is 16.2 Å². The number of sulfonamides is 1. The zero-order valence-corrected chi connectivity index (χ0v) is 12.0. The molecule has 0 atom stereocenters. The lowest BCUT2D eigenvalue weighted by Crippen LogP contribution is -2.30. The summed E-state index contributed by atoms with van der Waals surface area (Å²) in [6, 6.07) is 7.52. The van der Waals surface area contributed by atoms with Crippen LogP contribution in [0.2, 0.25) is 0 Å². The highest BCUT2D eigenvalue weighted by atomic mass is 32.2. The van der Waals surface area contributed by atoms with E-state index in [1.807, 2.05) is 0 Å². The quantitative estimate of drug-likeness (QED) is 0.812. The maximum Gasteiger partial charge on any atom is 0.241 e. The molecular weight excluding hydrogens is 288 g/mol. The Balaban J connectivity index is 2.86. The predicted molar refractivity (Wildman–Crippen MR) is 70.7 cm³/mol. The third-order valence-corrected chi connectivity index (χ3v) is 5.67. The van der Waals surface area contributed by atoms with Gasteiger partial charge in [-0.3, -0.25) is 0 Å². The summed E-state index contributed by atoms with van der Waals surface area (Å²) in [5, 5.41) is 8.84. The molecule has 0 heterocycles. The highest BCUT2D eigenvalue weighted by Crippen LogP contribution is 2.13. The van der Waals surface area contributed by atoms with E-state index in [1.165, 1.54) is 25.1 Å². The maximum absolute atomic E-state index is 11.9. The van der Waals surface area contributed by atoms with Gasteiger partial charge in [-0.25, -0.2) is 21.6 Å². The second-order valence-corrected chi connectivity index (χ2v) is 7.95. The molecule has 19 heavy (non-hydrogen) atoms. The van der Waals surface area contributed by atoms with E-state index < -0.39 is 19.9 Å². The summed E-state index contributed by atoms with van der Waals surface area (Å²) in [7, 11) is -7.10. The lowest BCUT2D eigenvalue weighted by atomic mass is 10.2. The van der Waals surface area contributed by atoms with Gasteiger partial charge in [0.25, 0.3) is 0 Å². The monoisotopic (exact) mass is 302 g/mol. The average molecular weight is 302 g/mol. The van der Waals surface area contributed by atoms with Crippen molar-refractivity contribution >= 4 is 19.9 Å². The minimum absolute atomic E-state index is 0.0216. The molecule has 1 rings (SSSR count). The molecule has 104 valence electrons. The summed E-state index contributed by atoms with van der Waals surface area (Å²) < 4.78 is 48.6. The van der Waals surface area contributed by atoms with E-state index in [4.69, 9.17) is 5.26 Å². The first kappa shape index (κ1) is 15.6. The van der Waals surface area contributed by atoms with Crippen molar-refractivity contribution in [3.63, 3.8) is 0 Å². The Morgan fingerprint density at radius 2 is 1.84 bits per heavy atom. The number of nitrogens with zero attached hydrogens (tertiary/aromatic N) is 1. The molecule has 8 heteroatoms. The fraction of sp³-hybridized carbons (Fsp3) is 0.364. The lowest BCUT2D eigenvalue weighted by Gasteiger charge is -2.07. The first-order chi connectivity index (χ1) is 8.82. The number of benzene rings is 1. The Bertz CT molecular complexity index is 688. The van der Waals surface area contributed by atoms with Crippen LogP contribution in [-0.4, -0.2) is 34.9 Å². The van der Waals surface area contributed by atoms with Crippen LogP contribution >= 0.6 is 0 Å². The highest BCUT2D eigenvalue weighted by molar-refractivity contribution is 7.91. The molecule has 1 aromatic carbocycles. The van der Waals surface area contributed by atoms with Crippen LogP contribution in [-0.2, 0) is 19.9 Å². The molecule has 0 spiro atoms. The molecule has 0 fully saturated rings. The third kappa shape index (κ3) is 4.31. The standard InChI is InChI=1S/C11H14N2O4S2/c1-2-18(14,15)8-7-13-19(16,17)11-6-4-3-5-10(11)9-12/h3-6,13H,2,7-8H2,1H3. The van der Waals surface area contributed by atoms with Gasteiger partial charge in [-0.2, -0.15) is 5.26 Å². The zero-order chi connectivity index (χ0) is 14.5. The van der Waals surface area contributed by atoms with Crippen molar-refractivity contribution in [2.24, 2.45) is 0 Å². The van der Waals surface area contributed by atoms with Crippen molar-refractivity contribution in [2.75, 3.05) is 18.1 Å². The van der Waals surface area contributed by atoms with Crippen molar-refractivity contribution in [1.82, 2.24) is 4.72 Å². The fourth-order valence-electron chi connectivity index (χ4n) is 1.35. The molecule has 0 aliphatic rings. The molecule has 1 aromatic rings. The second kappa shape index (κ2) is 6.14. The van der Waals surface area contributed by atoms with Gasteiger partial charge in [0, 0.05) is 12.3 Å². The van der Waals surface area contributed by atoms with E-state index in [9.17, 15) is 16.8 Å². The topological polar surface area (TPSA) is 104 Å². The van der Waals surface area contributed by atoms with Gasteiger partial charge in [-0.15, -0.1) is 0 Å². The average Bonchev–Trinajstić information content (AvgIpc) is 2.38. The number of sulfone groups is 1. The first-order valence-electron chi connectivity index (χ1n) is 5.51. The SMILES string of the molecule is CCS(=O)(=O)CCNS(=O)(=O)c1ccccc1C#N. The molecule has 0 unspecified atom stereocenters. The number of hydrogen-bond acceptors (Lipinski definition) is 5. The van der Waals surface area contributed by atoms with E-state index in [-0.39, 0.29) is 28.5 Å². The zero-order valence-electron chi connectivity index (χ0n) is 10.3. The Labute approximate surface area is 113 Å². The fourth-order valence-corrected chi connectivity index (χ4v) is 3.37. The van der Waals surface area contributed by atoms with Crippen LogP contribution in [0.4, 0.5) is 0 Å². The molecule has 0 amide bonds. The summed E-state index contributed by atoms with van der Waals surface area (Å²) in [5.74, 6) is -0.305. The Kier molecular flexibility index (Phi) is 5.05. The molecule has 0 radical (unpaired) electrons. The van der Waals surface area contributed by atoms with E-state index in [0.29, 0.717) is 0 Å². The van der Waals surface area contributed by atoms with Crippen molar-refractivity contribution in [3.05, 3.63) is 29.8 Å². The minimum atomic E-state index is -3.87.